The van der Waals surface area contributed by atoms with Crippen molar-refractivity contribution in [3.63, 3.8) is 0 Å². The molecule has 1 aromatic carbocycles. The predicted molar refractivity (Wildman–Crippen MR) is 106 cm³/mol. The van der Waals surface area contributed by atoms with Crippen LogP contribution >= 0.6 is 0 Å². The zero-order chi connectivity index (χ0) is 19.7. The molecule has 1 amide bonds. The van der Waals surface area contributed by atoms with Gasteiger partial charge in [0.25, 0.3) is 5.91 Å². The topological polar surface area (TPSA) is 69.4 Å². The Balaban J connectivity index is 1.47. The Kier molecular flexibility index (Phi) is 5.24. The summed E-state index contributed by atoms with van der Waals surface area (Å²) < 4.78 is 9.06. The van der Waals surface area contributed by atoms with Crippen molar-refractivity contribution in [2.24, 2.45) is 5.92 Å². The summed E-state index contributed by atoms with van der Waals surface area (Å²) in [7, 11) is 1.84. The van der Waals surface area contributed by atoms with Crippen molar-refractivity contribution < 1.29 is 9.53 Å². The molecule has 1 fully saturated rings. The molecule has 1 saturated carbocycles. The summed E-state index contributed by atoms with van der Waals surface area (Å²) in [6.07, 6.45) is 4.67. The Bertz CT molecular complexity index is 913. The van der Waals surface area contributed by atoms with E-state index < -0.39 is 0 Å². The third kappa shape index (κ3) is 3.70. The first kappa shape index (κ1) is 18.8. The lowest BCUT2D eigenvalue weighted by molar-refractivity contribution is 0.0711. The number of carbonyl (C=O) groups excluding carboxylic acids is 1. The second-order valence-corrected chi connectivity index (χ2v) is 7.80. The Hall–Kier alpha value is -2.57. The van der Waals surface area contributed by atoms with Crippen molar-refractivity contribution in [3.05, 3.63) is 46.1 Å². The number of benzene rings is 1. The van der Waals surface area contributed by atoms with Gasteiger partial charge in [0.1, 0.15) is 11.6 Å². The molecule has 0 saturated heterocycles. The van der Waals surface area contributed by atoms with Crippen LogP contribution in [0.1, 0.15) is 48.8 Å². The minimum absolute atomic E-state index is 0.00165. The van der Waals surface area contributed by atoms with Gasteiger partial charge in [-0.15, -0.1) is 0 Å². The molecular formula is C21H28N4O3. The highest BCUT2D eigenvalue weighted by molar-refractivity contribution is 5.97. The largest absolute Gasteiger partial charge is 0.493 e. The van der Waals surface area contributed by atoms with Gasteiger partial charge in [-0.05, 0) is 50.7 Å². The van der Waals surface area contributed by atoms with Gasteiger partial charge in [-0.25, -0.2) is 9.48 Å². The first-order valence-electron chi connectivity index (χ1n) is 10.2. The fourth-order valence-electron chi connectivity index (χ4n) is 3.95. The van der Waals surface area contributed by atoms with Gasteiger partial charge in [0.2, 0.25) is 0 Å². The van der Waals surface area contributed by atoms with Crippen LogP contribution in [0.15, 0.2) is 29.1 Å². The molecule has 0 N–H and O–H groups in total. The van der Waals surface area contributed by atoms with Crippen molar-refractivity contribution >= 4 is 5.91 Å². The maximum absolute atomic E-state index is 13.1. The van der Waals surface area contributed by atoms with Gasteiger partial charge < -0.3 is 9.64 Å². The predicted octanol–water partition coefficient (Wildman–Crippen LogP) is 2.33. The molecule has 7 heteroatoms. The summed E-state index contributed by atoms with van der Waals surface area (Å²) in [5.74, 6) is 2.05. The molecular weight excluding hydrogens is 356 g/mol. The number of carbonyl (C=O) groups is 1. The minimum Gasteiger partial charge on any atom is -0.493 e. The van der Waals surface area contributed by atoms with Crippen molar-refractivity contribution in [2.45, 2.75) is 58.2 Å². The first-order chi connectivity index (χ1) is 13.6. The fourth-order valence-corrected chi connectivity index (χ4v) is 3.95. The number of aromatic nitrogens is 3. The molecule has 1 aliphatic carbocycles. The van der Waals surface area contributed by atoms with Crippen LogP contribution in [0.2, 0.25) is 0 Å². The van der Waals surface area contributed by atoms with E-state index in [9.17, 15) is 9.59 Å². The molecule has 2 aliphatic rings. The highest BCUT2D eigenvalue weighted by Gasteiger charge is 2.29. The normalized spacial score (nSPS) is 19.0. The number of hydrogen-bond acceptors (Lipinski definition) is 4. The molecule has 0 bridgehead atoms. The molecule has 1 aromatic heterocycles. The maximum Gasteiger partial charge on any atom is 0.345 e. The molecule has 1 atom stereocenters. The lowest BCUT2D eigenvalue weighted by atomic mass is 10.1. The lowest BCUT2D eigenvalue weighted by Gasteiger charge is -2.27. The monoisotopic (exact) mass is 384 g/mol. The Morgan fingerprint density at radius 1 is 1.25 bits per heavy atom. The van der Waals surface area contributed by atoms with Crippen molar-refractivity contribution in [1.82, 2.24) is 19.2 Å². The van der Waals surface area contributed by atoms with E-state index in [0.29, 0.717) is 36.8 Å². The van der Waals surface area contributed by atoms with Crippen LogP contribution in [0.3, 0.4) is 0 Å². The molecule has 1 aliphatic heterocycles. The highest BCUT2D eigenvalue weighted by atomic mass is 16.5. The number of hydrogen-bond donors (Lipinski definition) is 0. The number of aryl methyl sites for hydroxylation is 1. The van der Waals surface area contributed by atoms with E-state index in [1.165, 1.54) is 12.8 Å². The number of rotatable bonds is 6. The lowest BCUT2D eigenvalue weighted by Crippen LogP contribution is -2.38. The first-order valence-corrected chi connectivity index (χ1v) is 10.2. The van der Waals surface area contributed by atoms with E-state index in [1.54, 1.807) is 14.1 Å². The van der Waals surface area contributed by atoms with Crippen LogP contribution in [0, 0.1) is 5.92 Å². The molecule has 2 heterocycles. The van der Waals surface area contributed by atoms with Crippen LogP contribution in [0.5, 0.6) is 5.75 Å². The van der Waals surface area contributed by atoms with Crippen LogP contribution in [0.4, 0.5) is 0 Å². The molecule has 1 unspecified atom stereocenters. The smallest absolute Gasteiger partial charge is 0.345 e. The maximum atomic E-state index is 13.1. The van der Waals surface area contributed by atoms with E-state index in [0.717, 1.165) is 25.2 Å². The Labute approximate surface area is 164 Å². The van der Waals surface area contributed by atoms with Gasteiger partial charge in [-0.3, -0.25) is 9.36 Å². The minimum atomic E-state index is -0.0419. The molecule has 2 aromatic rings. The van der Waals surface area contributed by atoms with Crippen molar-refractivity contribution in [2.75, 3.05) is 13.7 Å². The number of fused-ring (bicyclic) bond motifs is 1. The van der Waals surface area contributed by atoms with Gasteiger partial charge in [0.05, 0.1) is 12.2 Å². The third-order valence-electron chi connectivity index (χ3n) is 5.80. The zero-order valence-corrected chi connectivity index (χ0v) is 16.6. The molecule has 0 radical (unpaired) electrons. The number of nitrogens with zero attached hydrogens (tertiary/aromatic N) is 4. The summed E-state index contributed by atoms with van der Waals surface area (Å²) in [6, 6.07) is 7.44. The summed E-state index contributed by atoms with van der Waals surface area (Å²) >= 11 is 0. The third-order valence-corrected chi connectivity index (χ3v) is 5.80. The van der Waals surface area contributed by atoms with E-state index in [2.05, 4.69) is 5.10 Å². The van der Waals surface area contributed by atoms with Crippen LogP contribution < -0.4 is 10.4 Å². The summed E-state index contributed by atoms with van der Waals surface area (Å²) in [5.41, 5.74) is 0.582. The average molecular weight is 384 g/mol. The summed E-state index contributed by atoms with van der Waals surface area (Å²) in [5, 5.41) is 4.57. The number of para-hydroxylation sites is 1. The van der Waals surface area contributed by atoms with E-state index in [1.807, 2.05) is 38.2 Å². The van der Waals surface area contributed by atoms with Crippen LogP contribution in [-0.2, 0) is 19.5 Å². The standard InChI is InChI=1S/C21H28N4O3/c1-3-28-18-7-5-4-6-17(18)20(26)23(2)16-10-11-19-22-25(14-15-8-9-15)21(27)24(19)13-12-16/h4-7,15-16H,3,8-14H2,1-2H3. The second-order valence-electron chi connectivity index (χ2n) is 7.80. The van der Waals surface area contributed by atoms with Crippen LogP contribution in [0.25, 0.3) is 0 Å². The second kappa shape index (κ2) is 7.81. The Morgan fingerprint density at radius 3 is 2.79 bits per heavy atom. The van der Waals surface area contributed by atoms with Crippen molar-refractivity contribution in [1.29, 1.82) is 0 Å². The van der Waals surface area contributed by atoms with Gasteiger partial charge >= 0.3 is 5.69 Å². The highest BCUT2D eigenvalue weighted by Crippen LogP contribution is 2.30. The van der Waals surface area contributed by atoms with Gasteiger partial charge in [0, 0.05) is 32.6 Å². The van der Waals surface area contributed by atoms with Gasteiger partial charge in [-0.2, -0.15) is 5.10 Å². The van der Waals surface area contributed by atoms with E-state index >= 15 is 0 Å². The average Bonchev–Trinajstić information content (AvgIpc) is 3.50. The molecule has 0 spiro atoms. The number of ether oxygens (including phenoxy) is 1. The molecule has 7 nitrogen and oxygen atoms in total. The summed E-state index contributed by atoms with van der Waals surface area (Å²) in [6.45, 7) is 3.78. The van der Waals surface area contributed by atoms with Crippen LogP contribution in [-0.4, -0.2) is 44.9 Å². The zero-order valence-electron chi connectivity index (χ0n) is 16.6. The SMILES string of the molecule is CCOc1ccccc1C(=O)N(C)C1CCc2nn(CC3CC3)c(=O)n2CC1. The molecule has 28 heavy (non-hydrogen) atoms. The molecule has 150 valence electrons. The van der Waals surface area contributed by atoms with Crippen molar-refractivity contribution in [3.8, 4) is 5.75 Å². The van der Waals surface area contributed by atoms with Gasteiger partial charge in [-0.1, -0.05) is 12.1 Å². The molecule has 4 rings (SSSR count). The Morgan fingerprint density at radius 2 is 2.04 bits per heavy atom. The quantitative estimate of drug-likeness (QED) is 0.767. The van der Waals surface area contributed by atoms with Gasteiger partial charge in [0.15, 0.2) is 0 Å². The number of amides is 1. The van der Waals surface area contributed by atoms with E-state index in [-0.39, 0.29) is 17.6 Å². The van der Waals surface area contributed by atoms with E-state index in [4.69, 9.17) is 4.74 Å². The summed E-state index contributed by atoms with van der Waals surface area (Å²) in [4.78, 5) is 27.5. The fraction of sp³-hybridized carbons (Fsp3) is 0.571.